The summed E-state index contributed by atoms with van der Waals surface area (Å²) in [6, 6.07) is 12.5. The number of hydrogen-bond acceptors (Lipinski definition) is 6. The van der Waals surface area contributed by atoms with Crippen LogP contribution in [0.1, 0.15) is 19.4 Å². The summed E-state index contributed by atoms with van der Waals surface area (Å²) >= 11 is 7.04. The van der Waals surface area contributed by atoms with Crippen LogP contribution in [0.15, 0.2) is 53.4 Å². The van der Waals surface area contributed by atoms with Gasteiger partial charge in [-0.2, -0.15) is 4.72 Å². The molecule has 30 heavy (non-hydrogen) atoms. The first-order chi connectivity index (χ1) is 14.2. The highest BCUT2D eigenvalue weighted by molar-refractivity contribution is 7.89. The van der Waals surface area contributed by atoms with Crippen LogP contribution in [0.2, 0.25) is 5.02 Å². The summed E-state index contributed by atoms with van der Waals surface area (Å²) in [6.45, 7) is 5.51. The van der Waals surface area contributed by atoms with Crippen molar-refractivity contribution < 1.29 is 13.2 Å². The van der Waals surface area contributed by atoms with Crippen molar-refractivity contribution in [2.45, 2.75) is 31.7 Å². The normalized spacial score (nSPS) is 12.7. The Morgan fingerprint density at radius 3 is 2.27 bits per heavy atom. The van der Waals surface area contributed by atoms with Crippen molar-refractivity contribution in [3.63, 3.8) is 0 Å². The van der Waals surface area contributed by atoms with Crippen LogP contribution in [-0.4, -0.2) is 30.6 Å². The fourth-order valence-corrected chi connectivity index (χ4v) is 4.83. The molecule has 0 bridgehead atoms. The van der Waals surface area contributed by atoms with Crippen molar-refractivity contribution in [2.24, 2.45) is 5.92 Å². The van der Waals surface area contributed by atoms with E-state index in [2.05, 4.69) is 20.2 Å². The molecule has 0 radical (unpaired) electrons. The molecule has 0 aliphatic heterocycles. The largest absolute Gasteiger partial charge is 0.299 e. The van der Waals surface area contributed by atoms with Gasteiger partial charge in [-0.1, -0.05) is 66.6 Å². The average molecular weight is 465 g/mol. The molecule has 2 aromatic carbocycles. The summed E-state index contributed by atoms with van der Waals surface area (Å²) in [5.41, 5.74) is 2.02. The number of nitrogens with zero attached hydrogens (tertiary/aromatic N) is 2. The molecule has 1 heterocycles. The minimum atomic E-state index is -3.90. The van der Waals surface area contributed by atoms with Crippen LogP contribution in [0.25, 0.3) is 10.6 Å². The van der Waals surface area contributed by atoms with Gasteiger partial charge in [-0.15, -0.1) is 10.2 Å². The van der Waals surface area contributed by atoms with Gasteiger partial charge in [0.1, 0.15) is 11.0 Å². The highest BCUT2D eigenvalue weighted by Gasteiger charge is 2.29. The van der Waals surface area contributed by atoms with Gasteiger partial charge in [0.05, 0.1) is 4.90 Å². The molecule has 1 atom stereocenters. The number of nitrogens with one attached hydrogen (secondary N) is 2. The summed E-state index contributed by atoms with van der Waals surface area (Å²) in [5, 5.41) is 12.2. The number of halogens is 1. The Balaban J connectivity index is 1.74. The first-order valence-electron chi connectivity index (χ1n) is 9.15. The molecule has 0 aliphatic carbocycles. The summed E-state index contributed by atoms with van der Waals surface area (Å²) in [7, 11) is -3.90. The van der Waals surface area contributed by atoms with Gasteiger partial charge in [0.2, 0.25) is 21.1 Å². The van der Waals surface area contributed by atoms with Crippen LogP contribution in [-0.2, 0) is 14.8 Å². The van der Waals surface area contributed by atoms with Crippen LogP contribution < -0.4 is 10.0 Å². The molecule has 7 nitrogen and oxygen atoms in total. The number of carbonyl (C=O) groups excluding carboxylic acids is 1. The second kappa shape index (κ2) is 9.22. The quantitative estimate of drug-likeness (QED) is 0.548. The van der Waals surface area contributed by atoms with E-state index < -0.39 is 22.0 Å². The second-order valence-electron chi connectivity index (χ2n) is 7.06. The topological polar surface area (TPSA) is 101 Å². The first kappa shape index (κ1) is 22.4. The molecule has 10 heteroatoms. The first-order valence-corrected chi connectivity index (χ1v) is 11.8. The Labute approximate surface area is 184 Å². The summed E-state index contributed by atoms with van der Waals surface area (Å²) in [5.74, 6) is -0.800. The van der Waals surface area contributed by atoms with Gasteiger partial charge in [-0.3, -0.25) is 10.1 Å². The number of hydrogen-bond donors (Lipinski definition) is 2. The fraction of sp³-hybridized carbons (Fsp3) is 0.250. The van der Waals surface area contributed by atoms with E-state index >= 15 is 0 Å². The van der Waals surface area contributed by atoms with E-state index in [0.717, 1.165) is 11.1 Å². The predicted molar refractivity (Wildman–Crippen MR) is 119 cm³/mol. The molecule has 3 rings (SSSR count). The summed E-state index contributed by atoms with van der Waals surface area (Å²) < 4.78 is 27.8. The lowest BCUT2D eigenvalue weighted by molar-refractivity contribution is -0.118. The lowest BCUT2D eigenvalue weighted by Crippen LogP contribution is -2.47. The van der Waals surface area contributed by atoms with E-state index in [-0.39, 0.29) is 10.8 Å². The fourth-order valence-electron chi connectivity index (χ4n) is 2.61. The van der Waals surface area contributed by atoms with Crippen molar-refractivity contribution in [3.05, 3.63) is 59.1 Å². The van der Waals surface area contributed by atoms with Crippen LogP contribution in [0, 0.1) is 12.8 Å². The summed E-state index contributed by atoms with van der Waals surface area (Å²) in [4.78, 5) is 12.8. The van der Waals surface area contributed by atoms with Crippen LogP contribution in [0.5, 0.6) is 0 Å². The number of carbonyl (C=O) groups is 1. The highest BCUT2D eigenvalue weighted by Crippen LogP contribution is 2.27. The zero-order valence-corrected chi connectivity index (χ0v) is 19.0. The van der Waals surface area contributed by atoms with Crippen LogP contribution >= 0.6 is 22.9 Å². The Bertz CT molecular complexity index is 1130. The number of amides is 1. The van der Waals surface area contributed by atoms with Gasteiger partial charge < -0.3 is 0 Å². The molecule has 0 aliphatic rings. The minimum Gasteiger partial charge on any atom is -0.299 e. The van der Waals surface area contributed by atoms with Crippen molar-refractivity contribution in [1.82, 2.24) is 14.9 Å². The predicted octanol–water partition coefficient (Wildman–Crippen LogP) is 4.11. The van der Waals surface area contributed by atoms with Crippen LogP contribution in [0.4, 0.5) is 5.13 Å². The lowest BCUT2D eigenvalue weighted by atomic mass is 10.1. The average Bonchev–Trinajstić information content (AvgIpc) is 3.15. The molecule has 0 saturated heterocycles. The molecule has 1 unspecified atom stereocenters. The Hall–Kier alpha value is -2.33. The molecular formula is C20H21ClN4O3S2. The molecular weight excluding hydrogens is 444 g/mol. The van der Waals surface area contributed by atoms with Gasteiger partial charge in [-0.25, -0.2) is 8.42 Å². The van der Waals surface area contributed by atoms with Gasteiger partial charge in [0.15, 0.2) is 0 Å². The van der Waals surface area contributed by atoms with Crippen molar-refractivity contribution in [3.8, 4) is 10.6 Å². The molecule has 1 aromatic heterocycles. The van der Waals surface area contributed by atoms with Crippen molar-refractivity contribution in [1.29, 1.82) is 0 Å². The van der Waals surface area contributed by atoms with E-state index in [0.29, 0.717) is 15.2 Å². The number of benzene rings is 2. The number of aryl methyl sites for hydroxylation is 1. The van der Waals surface area contributed by atoms with E-state index in [9.17, 15) is 13.2 Å². The zero-order chi connectivity index (χ0) is 21.9. The molecule has 3 aromatic rings. The lowest BCUT2D eigenvalue weighted by Gasteiger charge is -2.21. The number of aromatic nitrogens is 2. The Morgan fingerprint density at radius 1 is 1.03 bits per heavy atom. The molecule has 1 amide bonds. The third-order valence-corrected chi connectivity index (χ3v) is 6.91. The van der Waals surface area contributed by atoms with Gasteiger partial charge >= 0.3 is 0 Å². The number of sulfonamides is 1. The minimum absolute atomic E-state index is 0.0305. The highest BCUT2D eigenvalue weighted by atomic mass is 35.5. The van der Waals surface area contributed by atoms with Crippen LogP contribution in [0.3, 0.4) is 0 Å². The van der Waals surface area contributed by atoms with Crippen molar-refractivity contribution in [2.75, 3.05) is 5.32 Å². The second-order valence-corrected chi connectivity index (χ2v) is 10.2. The SMILES string of the molecule is Cc1ccc(-c2nnc(NC(=O)C(NS(=O)(=O)c3ccc(Cl)cc3)C(C)C)s2)cc1. The summed E-state index contributed by atoms with van der Waals surface area (Å²) in [6.07, 6.45) is 0. The third kappa shape index (κ3) is 5.42. The van der Waals surface area contributed by atoms with Gasteiger partial charge in [-0.05, 0) is 37.1 Å². The maximum absolute atomic E-state index is 12.8. The molecule has 2 N–H and O–H groups in total. The van der Waals surface area contributed by atoms with Gasteiger partial charge in [0, 0.05) is 10.6 Å². The van der Waals surface area contributed by atoms with E-state index in [1.54, 1.807) is 13.8 Å². The van der Waals surface area contributed by atoms with Crippen molar-refractivity contribution >= 4 is 44.0 Å². The molecule has 158 valence electrons. The monoisotopic (exact) mass is 464 g/mol. The third-order valence-electron chi connectivity index (χ3n) is 4.31. The Morgan fingerprint density at radius 2 is 1.67 bits per heavy atom. The molecule has 0 fully saturated rings. The number of anilines is 1. The maximum Gasteiger partial charge on any atom is 0.244 e. The smallest absolute Gasteiger partial charge is 0.244 e. The zero-order valence-electron chi connectivity index (χ0n) is 16.6. The molecule has 0 spiro atoms. The van der Waals surface area contributed by atoms with Gasteiger partial charge in [0.25, 0.3) is 0 Å². The number of rotatable bonds is 7. The Kier molecular flexibility index (Phi) is 6.87. The van der Waals surface area contributed by atoms with E-state index in [4.69, 9.17) is 11.6 Å². The van der Waals surface area contributed by atoms with E-state index in [1.807, 2.05) is 31.2 Å². The molecule has 0 saturated carbocycles. The van der Waals surface area contributed by atoms with E-state index in [1.165, 1.54) is 35.6 Å². The standard InChI is InChI=1S/C20H21ClN4O3S2/c1-12(2)17(25-30(27,28)16-10-8-15(21)9-11-16)18(26)22-20-24-23-19(29-20)14-6-4-13(3)5-7-14/h4-12,17,25H,1-3H3,(H,22,24,26). The maximum atomic E-state index is 12.8.